The molecule has 1 amide bonds. The zero-order valence-corrected chi connectivity index (χ0v) is 22.1. The van der Waals surface area contributed by atoms with Crippen molar-refractivity contribution in [2.75, 3.05) is 4.90 Å². The van der Waals surface area contributed by atoms with Crippen LogP contribution in [0.5, 0.6) is 5.75 Å². The number of thioether (sulfide) groups is 1. The van der Waals surface area contributed by atoms with Crippen LogP contribution in [0, 0.1) is 13.8 Å². The van der Waals surface area contributed by atoms with E-state index in [0.29, 0.717) is 27.5 Å². The van der Waals surface area contributed by atoms with Crippen molar-refractivity contribution in [3.8, 4) is 5.75 Å². The van der Waals surface area contributed by atoms with Gasteiger partial charge in [-0.05, 0) is 79.7 Å². The van der Waals surface area contributed by atoms with Crippen molar-refractivity contribution in [1.29, 1.82) is 0 Å². The fraction of sp³-hybridized carbons (Fsp3) is 0.0968. The number of nitrogens with zero attached hydrogens (tertiary/aromatic N) is 2. The third-order valence-electron chi connectivity index (χ3n) is 5.87. The molecule has 0 aliphatic carbocycles. The first-order valence-electron chi connectivity index (χ1n) is 11.9. The summed E-state index contributed by atoms with van der Waals surface area (Å²) in [5, 5.41) is 1.30. The van der Waals surface area contributed by atoms with Gasteiger partial charge < -0.3 is 4.74 Å². The van der Waals surface area contributed by atoms with E-state index in [-0.39, 0.29) is 5.91 Å². The molecule has 6 heteroatoms. The number of benzene rings is 4. The molecular weight excluding hydrogens is 500 g/mol. The van der Waals surface area contributed by atoms with Crippen molar-refractivity contribution < 1.29 is 9.53 Å². The average Bonchev–Trinajstić information content (AvgIpc) is 3.20. The minimum Gasteiger partial charge on any atom is -0.488 e. The molecule has 184 valence electrons. The molecule has 4 nitrogen and oxygen atoms in total. The Balaban J connectivity index is 1.47. The molecule has 1 aliphatic heterocycles. The lowest BCUT2D eigenvalue weighted by atomic mass is 10.1. The van der Waals surface area contributed by atoms with Crippen molar-refractivity contribution in [2.24, 2.45) is 4.99 Å². The summed E-state index contributed by atoms with van der Waals surface area (Å²) in [6.45, 7) is 4.46. The van der Waals surface area contributed by atoms with Gasteiger partial charge >= 0.3 is 0 Å². The standard InChI is InChI=1S/C31H25ClN2O2S/c1-21-7-15-26(16-8-21)33-31-34(27-17-9-22(2)10-18-27)30(35)29(37-31)19-24-5-3-4-6-28(24)36-20-23-11-13-25(32)14-12-23/h3-19H,20H2,1-2H3/b29-19-,33-31?. The number of carbonyl (C=O) groups excluding carboxylic acids is 1. The fourth-order valence-corrected chi connectivity index (χ4v) is 4.93. The van der Waals surface area contributed by atoms with Crippen LogP contribution in [0.3, 0.4) is 0 Å². The Morgan fingerprint density at radius 1 is 0.865 bits per heavy atom. The molecule has 0 aromatic heterocycles. The van der Waals surface area contributed by atoms with E-state index >= 15 is 0 Å². The number of aliphatic imine (C=N–C) groups is 1. The third-order valence-corrected chi connectivity index (χ3v) is 7.09. The van der Waals surface area contributed by atoms with Gasteiger partial charge in [0, 0.05) is 10.6 Å². The van der Waals surface area contributed by atoms with Gasteiger partial charge in [-0.1, -0.05) is 77.3 Å². The number of anilines is 1. The number of para-hydroxylation sites is 1. The van der Waals surface area contributed by atoms with Crippen molar-refractivity contribution in [3.05, 3.63) is 129 Å². The van der Waals surface area contributed by atoms with Gasteiger partial charge in [0.25, 0.3) is 5.91 Å². The number of amidine groups is 1. The van der Waals surface area contributed by atoms with E-state index in [4.69, 9.17) is 21.3 Å². The number of ether oxygens (including phenoxy) is 1. The Labute approximate surface area is 226 Å². The Hall–Kier alpha value is -3.80. The number of hydrogen-bond acceptors (Lipinski definition) is 4. The van der Waals surface area contributed by atoms with E-state index in [0.717, 1.165) is 33.6 Å². The predicted molar refractivity (Wildman–Crippen MR) is 155 cm³/mol. The molecule has 1 heterocycles. The number of aryl methyl sites for hydroxylation is 2. The van der Waals surface area contributed by atoms with Crippen LogP contribution < -0.4 is 9.64 Å². The summed E-state index contributed by atoms with van der Waals surface area (Å²) >= 11 is 7.36. The van der Waals surface area contributed by atoms with E-state index in [1.165, 1.54) is 11.8 Å². The Morgan fingerprint density at radius 2 is 1.51 bits per heavy atom. The van der Waals surface area contributed by atoms with Crippen molar-refractivity contribution in [3.63, 3.8) is 0 Å². The Morgan fingerprint density at radius 3 is 2.22 bits per heavy atom. The highest BCUT2D eigenvalue weighted by molar-refractivity contribution is 8.19. The van der Waals surface area contributed by atoms with Gasteiger partial charge in [-0.3, -0.25) is 9.69 Å². The smallest absolute Gasteiger partial charge is 0.271 e. The first kappa shape index (κ1) is 24.9. The predicted octanol–water partition coefficient (Wildman–Crippen LogP) is 8.34. The molecular formula is C31H25ClN2O2S. The molecule has 0 bridgehead atoms. The number of halogens is 1. The minimum atomic E-state index is -0.118. The molecule has 4 aromatic rings. The Bertz CT molecular complexity index is 1480. The van der Waals surface area contributed by atoms with Crippen molar-refractivity contribution in [1.82, 2.24) is 0 Å². The summed E-state index contributed by atoms with van der Waals surface area (Å²) in [7, 11) is 0. The molecule has 0 spiro atoms. The van der Waals surface area contributed by atoms with Crippen LogP contribution in [0.1, 0.15) is 22.3 Å². The number of amides is 1. The third kappa shape index (κ3) is 5.96. The first-order chi connectivity index (χ1) is 18.0. The summed E-state index contributed by atoms with van der Waals surface area (Å²) in [5.41, 5.74) is 5.70. The molecule has 0 radical (unpaired) electrons. The van der Waals surface area contributed by atoms with Gasteiger partial charge in [0.1, 0.15) is 12.4 Å². The van der Waals surface area contributed by atoms with Gasteiger partial charge in [-0.2, -0.15) is 0 Å². The number of rotatable bonds is 6. The maximum Gasteiger partial charge on any atom is 0.271 e. The van der Waals surface area contributed by atoms with Gasteiger partial charge in [-0.15, -0.1) is 0 Å². The quantitative estimate of drug-likeness (QED) is 0.238. The second-order valence-corrected chi connectivity index (χ2v) is 10.2. The van der Waals surface area contributed by atoms with E-state index in [2.05, 4.69) is 0 Å². The van der Waals surface area contributed by atoms with Crippen LogP contribution >= 0.6 is 23.4 Å². The maximum absolute atomic E-state index is 13.7. The van der Waals surface area contributed by atoms with Crippen LogP contribution in [-0.2, 0) is 11.4 Å². The van der Waals surface area contributed by atoms with Crippen LogP contribution in [0.4, 0.5) is 11.4 Å². The summed E-state index contributed by atoms with van der Waals surface area (Å²) in [6, 6.07) is 31.1. The molecule has 0 unspecified atom stereocenters. The molecule has 0 saturated carbocycles. The van der Waals surface area contributed by atoms with E-state index in [1.807, 2.05) is 117 Å². The molecule has 1 fully saturated rings. The number of hydrogen-bond donors (Lipinski definition) is 0. The first-order valence-corrected chi connectivity index (χ1v) is 13.1. The van der Waals surface area contributed by atoms with Gasteiger partial charge in [0.2, 0.25) is 0 Å². The van der Waals surface area contributed by atoms with Gasteiger partial charge in [-0.25, -0.2) is 4.99 Å². The molecule has 0 N–H and O–H groups in total. The van der Waals surface area contributed by atoms with Gasteiger partial charge in [0.15, 0.2) is 5.17 Å². The summed E-state index contributed by atoms with van der Waals surface area (Å²) in [4.78, 5) is 20.8. The summed E-state index contributed by atoms with van der Waals surface area (Å²) < 4.78 is 6.11. The van der Waals surface area contributed by atoms with Crippen molar-refractivity contribution >= 4 is 51.9 Å². The molecule has 1 saturated heterocycles. The summed E-state index contributed by atoms with van der Waals surface area (Å²) in [5.74, 6) is 0.580. The highest BCUT2D eigenvalue weighted by Crippen LogP contribution is 2.38. The lowest BCUT2D eigenvalue weighted by Crippen LogP contribution is -2.28. The van der Waals surface area contributed by atoms with E-state index in [9.17, 15) is 4.79 Å². The number of carbonyl (C=O) groups is 1. The zero-order valence-electron chi connectivity index (χ0n) is 20.5. The highest BCUT2D eigenvalue weighted by Gasteiger charge is 2.35. The van der Waals surface area contributed by atoms with Crippen LogP contribution in [0.25, 0.3) is 6.08 Å². The highest BCUT2D eigenvalue weighted by atomic mass is 35.5. The molecule has 4 aromatic carbocycles. The average molecular weight is 525 g/mol. The van der Waals surface area contributed by atoms with E-state index in [1.54, 1.807) is 4.90 Å². The lowest BCUT2D eigenvalue weighted by molar-refractivity contribution is -0.113. The molecule has 37 heavy (non-hydrogen) atoms. The van der Waals surface area contributed by atoms with Gasteiger partial charge in [0.05, 0.1) is 16.3 Å². The van der Waals surface area contributed by atoms with Crippen LogP contribution in [-0.4, -0.2) is 11.1 Å². The Kier molecular flexibility index (Phi) is 7.45. The fourth-order valence-electron chi connectivity index (χ4n) is 3.81. The second kappa shape index (κ2) is 11.1. The van der Waals surface area contributed by atoms with E-state index < -0.39 is 0 Å². The normalized spacial score (nSPS) is 15.5. The molecule has 1 aliphatic rings. The maximum atomic E-state index is 13.7. The van der Waals surface area contributed by atoms with Crippen LogP contribution in [0.15, 0.2) is 107 Å². The largest absolute Gasteiger partial charge is 0.488 e. The lowest BCUT2D eigenvalue weighted by Gasteiger charge is -2.16. The zero-order chi connectivity index (χ0) is 25.8. The van der Waals surface area contributed by atoms with Crippen molar-refractivity contribution in [2.45, 2.75) is 20.5 Å². The minimum absolute atomic E-state index is 0.118. The molecule has 0 atom stereocenters. The summed E-state index contributed by atoms with van der Waals surface area (Å²) in [6.07, 6.45) is 1.88. The molecule has 5 rings (SSSR count). The van der Waals surface area contributed by atoms with Crippen LogP contribution in [0.2, 0.25) is 5.02 Å². The SMILES string of the molecule is Cc1ccc(N=C2S/C(=C\c3ccccc3OCc3ccc(Cl)cc3)C(=O)N2c2ccc(C)cc2)cc1. The topological polar surface area (TPSA) is 41.9 Å². The monoisotopic (exact) mass is 524 g/mol. The second-order valence-electron chi connectivity index (χ2n) is 8.77.